The van der Waals surface area contributed by atoms with Crippen molar-refractivity contribution in [1.29, 1.82) is 0 Å². The number of nitrogens with zero attached hydrogens (tertiary/aromatic N) is 2. The lowest BCUT2D eigenvalue weighted by molar-refractivity contribution is -0.152. The van der Waals surface area contributed by atoms with Gasteiger partial charge in [0.25, 0.3) is 0 Å². The van der Waals surface area contributed by atoms with Crippen LogP contribution in [0.3, 0.4) is 0 Å². The Bertz CT molecular complexity index is 1770. The molecule has 0 aromatic carbocycles. The summed E-state index contributed by atoms with van der Waals surface area (Å²) >= 11 is 0. The Kier molecular flexibility index (Phi) is 13.0. The van der Waals surface area contributed by atoms with E-state index in [1.54, 1.807) is 0 Å². The third-order valence-electron chi connectivity index (χ3n) is 12.8. The fourth-order valence-corrected chi connectivity index (χ4v) is 9.44. The van der Waals surface area contributed by atoms with E-state index in [-0.39, 0.29) is 43.0 Å². The Labute approximate surface area is 326 Å². The van der Waals surface area contributed by atoms with E-state index in [1.165, 1.54) is 12.0 Å². The molecule has 0 spiro atoms. The quantitative estimate of drug-likeness (QED) is 0.107. The van der Waals surface area contributed by atoms with Crippen molar-refractivity contribution in [2.75, 3.05) is 12.3 Å². The van der Waals surface area contributed by atoms with Crippen LogP contribution in [0.25, 0.3) is 0 Å². The van der Waals surface area contributed by atoms with Crippen LogP contribution in [0.2, 0.25) is 0 Å². The number of unbranched alkanes of at least 4 members (excludes halogenated alkanes) is 1. The van der Waals surface area contributed by atoms with Crippen molar-refractivity contribution >= 4 is 17.8 Å². The topological polar surface area (TPSA) is 183 Å². The number of anilines is 1. The third-order valence-corrected chi connectivity index (χ3v) is 12.8. The second kappa shape index (κ2) is 17.4. The molecular weight excluding hydrogens is 728 g/mol. The number of carbonyl (C=O) groups excluding carboxylic acids is 2. The molecule has 4 saturated carbocycles. The standard InChI is InChI=1S/C42H57F2N3O9/c1-24(10-17-32(48)27-12-13-27)30-15-16-31-26(7-6-19-41(30,31)3)11-14-28-21-29(22-33(49)25(28)2)55-37(51)9-5-4-8-36(50)54-23-34-38(52)42(43,44)39(56-34)47-20-18-35(45)46-40(47)53/h10-11,14,17-18,20,24,27,29-34,38-39,48-49,52H,2,4-9,12-13,15-16,19,21-23H2,1,3H3,(H2,45,46,53)/b17-10+,26-11+,28-14-/t24-,29+,30?,31?,32?,33-,34?,38?,39?,41+/m0/s1. The maximum Gasteiger partial charge on any atom is 0.351 e. The molecule has 0 bridgehead atoms. The molecule has 1 aromatic rings. The molecule has 12 nitrogen and oxygen atoms in total. The van der Waals surface area contributed by atoms with Crippen LogP contribution in [-0.4, -0.2) is 79.9 Å². The molecule has 5 N–H and O–H groups in total. The summed E-state index contributed by atoms with van der Waals surface area (Å²) in [6.07, 6.45) is 10.7. The van der Waals surface area contributed by atoms with Gasteiger partial charge in [0.15, 0.2) is 6.10 Å². The van der Waals surface area contributed by atoms with Crippen LogP contribution >= 0.6 is 0 Å². The van der Waals surface area contributed by atoms with Crippen molar-refractivity contribution in [3.8, 4) is 0 Å². The Morgan fingerprint density at radius 1 is 1.14 bits per heavy atom. The minimum absolute atomic E-state index is 0.0290. The summed E-state index contributed by atoms with van der Waals surface area (Å²) in [5.74, 6) is -3.39. The van der Waals surface area contributed by atoms with Crippen molar-refractivity contribution in [3.05, 3.63) is 70.3 Å². The molecule has 1 aliphatic heterocycles. The first-order valence-corrected chi connectivity index (χ1v) is 20.1. The molecule has 308 valence electrons. The van der Waals surface area contributed by atoms with Crippen LogP contribution in [0.1, 0.15) is 104 Å². The second-order valence-corrected chi connectivity index (χ2v) is 16.8. The highest BCUT2D eigenvalue weighted by Crippen LogP contribution is 2.59. The van der Waals surface area contributed by atoms with E-state index >= 15 is 0 Å². The summed E-state index contributed by atoms with van der Waals surface area (Å²) in [7, 11) is 0. The average molecular weight is 786 g/mol. The summed E-state index contributed by atoms with van der Waals surface area (Å²) in [6.45, 7) is 8.18. The predicted octanol–water partition coefficient (Wildman–Crippen LogP) is 5.48. The van der Waals surface area contributed by atoms with Crippen molar-refractivity contribution in [2.45, 2.75) is 140 Å². The fourth-order valence-electron chi connectivity index (χ4n) is 9.44. The number of fused-ring (bicyclic) bond motifs is 1. The van der Waals surface area contributed by atoms with Gasteiger partial charge in [-0.25, -0.2) is 4.79 Å². The zero-order chi connectivity index (χ0) is 40.4. The number of esters is 2. The number of nitrogens with two attached hydrogens (primary N) is 1. The zero-order valence-electron chi connectivity index (χ0n) is 32.4. The molecule has 2 heterocycles. The fraction of sp³-hybridized carbons (Fsp3) is 0.667. The van der Waals surface area contributed by atoms with Crippen molar-refractivity contribution in [3.63, 3.8) is 0 Å². The number of ether oxygens (including phenoxy) is 3. The molecule has 4 aliphatic carbocycles. The number of allylic oxidation sites excluding steroid dienone is 4. The number of alkyl halides is 2. The third kappa shape index (κ3) is 9.35. The molecule has 10 atom stereocenters. The molecule has 5 fully saturated rings. The first-order valence-electron chi connectivity index (χ1n) is 20.1. The van der Waals surface area contributed by atoms with E-state index in [4.69, 9.17) is 19.9 Å². The number of rotatable bonds is 14. The molecule has 6 rings (SSSR count). The van der Waals surface area contributed by atoms with Gasteiger partial charge in [-0.05, 0) is 104 Å². The Morgan fingerprint density at radius 2 is 1.88 bits per heavy atom. The summed E-state index contributed by atoms with van der Waals surface area (Å²) in [5.41, 5.74) is 7.43. The monoisotopic (exact) mass is 785 g/mol. The number of aliphatic hydroxyl groups excluding tert-OH is 3. The number of hydrogen-bond donors (Lipinski definition) is 4. The second-order valence-electron chi connectivity index (χ2n) is 16.8. The van der Waals surface area contributed by atoms with E-state index < -0.39 is 60.8 Å². The summed E-state index contributed by atoms with van der Waals surface area (Å²) in [4.78, 5) is 40.6. The molecule has 14 heteroatoms. The SMILES string of the molecule is C=C1/C(=C\C=C2/CCC[C@@]3(C)C2CCC3[C@@H](C)/C=C/C(O)C2CC2)C[C@@H](OC(=O)CCCCC(=O)OCC2OC(n3ccc(N)nc3=O)C(F)(F)C2O)C[C@@H]1O. The smallest absolute Gasteiger partial charge is 0.351 e. The van der Waals surface area contributed by atoms with Gasteiger partial charge in [0.2, 0.25) is 6.23 Å². The van der Waals surface area contributed by atoms with Gasteiger partial charge in [0, 0.05) is 31.9 Å². The number of aliphatic hydroxyl groups is 3. The molecule has 56 heavy (non-hydrogen) atoms. The zero-order valence-corrected chi connectivity index (χ0v) is 32.4. The number of carbonyl (C=O) groups is 2. The molecule has 5 aliphatic rings. The van der Waals surface area contributed by atoms with Crippen molar-refractivity contribution in [1.82, 2.24) is 9.55 Å². The predicted molar refractivity (Wildman–Crippen MR) is 203 cm³/mol. The Balaban J connectivity index is 0.943. The van der Waals surface area contributed by atoms with Crippen LogP contribution in [0, 0.1) is 29.1 Å². The maximum absolute atomic E-state index is 14.7. The minimum atomic E-state index is -3.87. The summed E-state index contributed by atoms with van der Waals surface area (Å²) in [6, 6.07) is 1.14. The Hall–Kier alpha value is -3.72. The van der Waals surface area contributed by atoms with Gasteiger partial charge in [-0.1, -0.05) is 50.3 Å². The highest BCUT2D eigenvalue weighted by Gasteiger charge is 2.60. The van der Waals surface area contributed by atoms with Gasteiger partial charge in [0.05, 0.1) is 12.2 Å². The first-order chi connectivity index (χ1) is 26.6. The average Bonchev–Trinajstić information content (AvgIpc) is 3.90. The van der Waals surface area contributed by atoms with Crippen molar-refractivity contribution < 1.29 is 47.9 Å². The molecule has 1 aromatic heterocycles. The van der Waals surface area contributed by atoms with Crippen LogP contribution in [0.5, 0.6) is 0 Å². The van der Waals surface area contributed by atoms with Crippen LogP contribution in [0.15, 0.2) is 64.7 Å². The van der Waals surface area contributed by atoms with Gasteiger partial charge in [-0.15, -0.1) is 0 Å². The maximum atomic E-state index is 14.7. The van der Waals surface area contributed by atoms with Gasteiger partial charge < -0.3 is 35.3 Å². The van der Waals surface area contributed by atoms with E-state index in [9.17, 15) is 38.5 Å². The van der Waals surface area contributed by atoms with E-state index in [0.29, 0.717) is 46.7 Å². The van der Waals surface area contributed by atoms with Crippen LogP contribution < -0.4 is 11.4 Å². The van der Waals surface area contributed by atoms with Gasteiger partial charge in [-0.3, -0.25) is 14.2 Å². The molecule has 0 radical (unpaired) electrons. The van der Waals surface area contributed by atoms with Crippen LogP contribution in [-0.2, 0) is 23.8 Å². The van der Waals surface area contributed by atoms with E-state index in [0.717, 1.165) is 56.4 Å². The number of aromatic nitrogens is 2. The lowest BCUT2D eigenvalue weighted by Gasteiger charge is -2.44. The van der Waals surface area contributed by atoms with E-state index in [2.05, 4.69) is 37.6 Å². The van der Waals surface area contributed by atoms with Gasteiger partial charge in [-0.2, -0.15) is 13.8 Å². The molecule has 0 amide bonds. The number of halogens is 2. The normalized spacial score (nSPS) is 34.1. The highest BCUT2D eigenvalue weighted by atomic mass is 19.3. The van der Waals surface area contributed by atoms with Crippen LogP contribution in [0.4, 0.5) is 14.6 Å². The lowest BCUT2D eigenvalue weighted by Crippen LogP contribution is -2.42. The van der Waals surface area contributed by atoms with Gasteiger partial charge >= 0.3 is 23.6 Å². The molecule has 1 saturated heterocycles. The van der Waals surface area contributed by atoms with Gasteiger partial charge in [0.1, 0.15) is 24.6 Å². The summed E-state index contributed by atoms with van der Waals surface area (Å²) < 4.78 is 46.0. The number of nitrogen functional groups attached to an aromatic ring is 1. The largest absolute Gasteiger partial charge is 0.463 e. The highest BCUT2D eigenvalue weighted by molar-refractivity contribution is 5.71. The number of hydrogen-bond acceptors (Lipinski definition) is 11. The van der Waals surface area contributed by atoms with Crippen molar-refractivity contribution in [2.24, 2.45) is 29.1 Å². The lowest BCUT2D eigenvalue weighted by atomic mass is 9.61. The Morgan fingerprint density at radius 3 is 2.59 bits per heavy atom. The minimum Gasteiger partial charge on any atom is -0.463 e. The first kappa shape index (κ1) is 41.9. The summed E-state index contributed by atoms with van der Waals surface area (Å²) in [5, 5.41) is 31.3. The molecular formula is C42H57F2N3O9. The van der Waals surface area contributed by atoms with E-state index in [1.807, 2.05) is 12.2 Å². The molecule has 6 unspecified atom stereocenters.